The van der Waals surface area contributed by atoms with Crippen molar-refractivity contribution in [3.05, 3.63) is 42.0 Å². The molecule has 1 aromatic carbocycles. The zero-order valence-electron chi connectivity index (χ0n) is 24.0. The fourth-order valence-electron chi connectivity index (χ4n) is 3.53. The molecule has 2 aromatic heterocycles. The molecule has 0 aliphatic carbocycles. The van der Waals surface area contributed by atoms with Crippen LogP contribution in [0.5, 0.6) is 11.5 Å². The number of aliphatic hydroxyl groups excluding tert-OH is 1. The maximum absolute atomic E-state index is 13.7. The van der Waals surface area contributed by atoms with Gasteiger partial charge in [-0.3, -0.25) is 8.87 Å². The molecule has 2 unspecified atom stereocenters. The van der Waals surface area contributed by atoms with Gasteiger partial charge in [0.1, 0.15) is 34.9 Å². The quantitative estimate of drug-likeness (QED) is 0.323. The van der Waals surface area contributed by atoms with Gasteiger partial charge < -0.3 is 19.3 Å². The van der Waals surface area contributed by atoms with Crippen molar-refractivity contribution >= 4 is 47.1 Å². The number of hydrogen-bond acceptors (Lipinski definition) is 10. The Morgan fingerprint density at radius 2 is 1.85 bits per heavy atom. The second kappa shape index (κ2) is 17.7. The average Bonchev–Trinajstić information content (AvgIpc) is 3.24. The van der Waals surface area contributed by atoms with Gasteiger partial charge in [0.2, 0.25) is 5.95 Å². The number of ether oxygens (including phenoxy) is 3. The predicted octanol–water partition coefficient (Wildman–Crippen LogP) is 4.28. The maximum Gasteiger partial charge on any atom is 0.239 e. The smallest absolute Gasteiger partial charge is 0.239 e. The van der Waals surface area contributed by atoms with Crippen LogP contribution in [0.15, 0.2) is 30.6 Å². The molecule has 0 radical (unpaired) electrons. The molecule has 14 heteroatoms. The minimum absolute atomic E-state index is 0.167. The molecule has 222 valence electrons. The highest BCUT2D eigenvalue weighted by Crippen LogP contribution is 2.36. The molecular formula is C26H39IN6O5S2. The zero-order valence-corrected chi connectivity index (χ0v) is 27.8. The summed E-state index contributed by atoms with van der Waals surface area (Å²) >= 11 is 2.25. The Bertz CT molecular complexity index is 1200. The standard InChI is InChI=1S/C21H25IN6O3S2.C3H8O.C2H6O/c1-14-12-23-19(24-13-14)10-15(2)33(29)28(7-9-32-22)21-26-25-20-17-11-16(30-3)4-5-18(17)31-8-6-27(20)21;1-3(2)4;1-3-2/h4-5,11-13,15H,6-10H2,1-3H3;3-4H,1-2H3;1-2H3. The summed E-state index contributed by atoms with van der Waals surface area (Å²) in [5, 5.41) is 16.8. The lowest BCUT2D eigenvalue weighted by Gasteiger charge is -2.25. The normalized spacial score (nSPS) is 13.2. The summed E-state index contributed by atoms with van der Waals surface area (Å²) in [6.07, 6.45) is 3.91. The van der Waals surface area contributed by atoms with Gasteiger partial charge in [-0.2, -0.15) is 0 Å². The highest BCUT2D eigenvalue weighted by molar-refractivity contribution is 14.2. The first-order valence-electron chi connectivity index (χ1n) is 12.7. The summed E-state index contributed by atoms with van der Waals surface area (Å²) in [6, 6.07) is 5.63. The van der Waals surface area contributed by atoms with E-state index in [1.807, 2.05) is 40.9 Å². The molecule has 0 fully saturated rings. The number of hydrogen-bond donors (Lipinski definition) is 1. The van der Waals surface area contributed by atoms with Crippen molar-refractivity contribution in [2.45, 2.75) is 52.0 Å². The van der Waals surface area contributed by atoms with Crippen LogP contribution in [-0.2, 0) is 28.7 Å². The number of halogens is 1. The van der Waals surface area contributed by atoms with E-state index in [9.17, 15) is 4.21 Å². The Hall–Kier alpha value is -2.01. The predicted molar refractivity (Wildman–Crippen MR) is 170 cm³/mol. The van der Waals surface area contributed by atoms with Crippen LogP contribution >= 0.6 is 30.1 Å². The monoisotopic (exact) mass is 706 g/mol. The molecule has 2 atom stereocenters. The lowest BCUT2D eigenvalue weighted by Crippen LogP contribution is -2.37. The van der Waals surface area contributed by atoms with Gasteiger partial charge >= 0.3 is 0 Å². The molecule has 3 heterocycles. The molecule has 1 aliphatic rings. The summed E-state index contributed by atoms with van der Waals surface area (Å²) in [6.45, 7) is 8.93. The molecule has 11 nitrogen and oxygen atoms in total. The number of methoxy groups -OCH3 is 2. The van der Waals surface area contributed by atoms with Crippen LogP contribution in [-0.4, -0.2) is 85.6 Å². The van der Waals surface area contributed by atoms with E-state index < -0.39 is 11.0 Å². The Kier molecular flexibility index (Phi) is 15.2. The van der Waals surface area contributed by atoms with Gasteiger partial charge in [-0.15, -0.1) is 10.2 Å². The van der Waals surface area contributed by atoms with E-state index in [0.29, 0.717) is 49.5 Å². The molecule has 40 heavy (non-hydrogen) atoms. The topological polar surface area (TPSA) is 125 Å². The van der Waals surface area contributed by atoms with Gasteiger partial charge in [0.15, 0.2) is 5.82 Å². The summed E-state index contributed by atoms with van der Waals surface area (Å²) < 4.78 is 33.1. The van der Waals surface area contributed by atoms with Crippen molar-refractivity contribution in [2.75, 3.05) is 44.5 Å². The van der Waals surface area contributed by atoms with Gasteiger partial charge in [0, 0.05) is 51.4 Å². The molecule has 3 aromatic rings. The molecule has 0 saturated carbocycles. The first-order valence-corrected chi connectivity index (χ1v) is 17.4. The Morgan fingerprint density at radius 1 is 1.20 bits per heavy atom. The lowest BCUT2D eigenvalue weighted by molar-refractivity contribution is 0.216. The average molecular weight is 707 g/mol. The van der Waals surface area contributed by atoms with Gasteiger partial charge in [-0.25, -0.2) is 14.2 Å². The lowest BCUT2D eigenvalue weighted by atomic mass is 10.2. The highest BCUT2D eigenvalue weighted by Gasteiger charge is 2.29. The van der Waals surface area contributed by atoms with E-state index in [2.05, 4.69) is 46.1 Å². The van der Waals surface area contributed by atoms with E-state index in [0.717, 1.165) is 22.6 Å². The van der Waals surface area contributed by atoms with E-state index in [-0.39, 0.29) is 11.4 Å². The minimum Gasteiger partial charge on any atom is -0.497 e. The number of anilines is 1. The number of aliphatic hydroxyl groups is 1. The van der Waals surface area contributed by atoms with Gasteiger partial charge in [0.25, 0.3) is 0 Å². The highest BCUT2D eigenvalue weighted by atomic mass is 127. The van der Waals surface area contributed by atoms with Crippen molar-refractivity contribution in [3.8, 4) is 22.9 Å². The molecule has 0 saturated heterocycles. The first kappa shape index (κ1) is 34.2. The van der Waals surface area contributed by atoms with Crippen molar-refractivity contribution in [1.29, 1.82) is 0 Å². The van der Waals surface area contributed by atoms with E-state index in [1.165, 1.54) is 0 Å². The van der Waals surface area contributed by atoms with Crippen LogP contribution in [0.4, 0.5) is 5.95 Å². The summed E-state index contributed by atoms with van der Waals surface area (Å²) in [4.78, 5) is 8.76. The van der Waals surface area contributed by atoms with Crippen molar-refractivity contribution in [3.63, 3.8) is 0 Å². The molecule has 1 aliphatic heterocycles. The molecule has 1 N–H and O–H groups in total. The third kappa shape index (κ3) is 10.1. The molecular weight excluding hydrogens is 667 g/mol. The van der Waals surface area contributed by atoms with Crippen molar-refractivity contribution in [1.82, 2.24) is 24.7 Å². The van der Waals surface area contributed by atoms with Crippen LogP contribution in [0, 0.1) is 6.92 Å². The van der Waals surface area contributed by atoms with E-state index in [1.54, 1.807) is 56.5 Å². The zero-order chi connectivity index (χ0) is 29.7. The Balaban J connectivity index is 0.000000722. The van der Waals surface area contributed by atoms with E-state index >= 15 is 0 Å². The maximum atomic E-state index is 13.7. The Morgan fingerprint density at radius 3 is 2.45 bits per heavy atom. The van der Waals surface area contributed by atoms with Gasteiger partial charge in [0.05, 0.1) is 24.5 Å². The van der Waals surface area contributed by atoms with Gasteiger partial charge in [-0.05, 0) is 72.7 Å². The third-order valence-electron chi connectivity index (χ3n) is 5.19. The number of nitrogens with zero attached hydrogens (tertiary/aromatic N) is 6. The van der Waals surface area contributed by atoms with Crippen molar-refractivity contribution in [2.24, 2.45) is 0 Å². The largest absolute Gasteiger partial charge is 0.497 e. The number of aromatic nitrogens is 5. The fourth-order valence-corrected chi connectivity index (χ4v) is 5.78. The van der Waals surface area contributed by atoms with Crippen LogP contribution in [0.3, 0.4) is 0 Å². The number of fused-ring (bicyclic) bond motifs is 3. The van der Waals surface area contributed by atoms with E-state index in [4.69, 9.17) is 14.6 Å². The summed E-state index contributed by atoms with van der Waals surface area (Å²) in [5.74, 6) is 4.17. The SMILES string of the molecule is CC(C)O.COC.COc1ccc2c(c1)-c1nnc(N(CCSI)S(=O)C(C)Cc3ncc(C)cn3)n1CCO2. The second-order valence-corrected chi connectivity index (χ2v) is 13.4. The molecule has 4 rings (SSSR count). The van der Waals surface area contributed by atoms with Crippen LogP contribution in [0.1, 0.15) is 32.2 Å². The molecule has 0 amide bonds. The second-order valence-electron chi connectivity index (χ2n) is 9.07. The Labute approximate surface area is 255 Å². The van der Waals surface area contributed by atoms with Crippen molar-refractivity contribution < 1.29 is 23.5 Å². The number of rotatable bonds is 9. The summed E-state index contributed by atoms with van der Waals surface area (Å²) in [5.41, 5.74) is 1.80. The summed E-state index contributed by atoms with van der Waals surface area (Å²) in [7, 11) is 5.18. The molecule has 0 bridgehead atoms. The van der Waals surface area contributed by atoms with Gasteiger partial charge in [-0.1, -0.05) is 8.93 Å². The van der Waals surface area contributed by atoms with Crippen LogP contribution in [0.25, 0.3) is 11.4 Å². The fraction of sp³-hybridized carbons (Fsp3) is 0.538. The number of aryl methyl sites for hydroxylation is 1. The van der Waals surface area contributed by atoms with Crippen LogP contribution < -0.4 is 13.8 Å². The molecule has 0 spiro atoms. The van der Waals surface area contributed by atoms with Crippen LogP contribution in [0.2, 0.25) is 0 Å². The minimum atomic E-state index is -1.36. The number of benzene rings is 1. The third-order valence-corrected chi connectivity index (χ3v) is 8.49. The first-order chi connectivity index (χ1) is 19.2.